The molecule has 0 aromatic rings. The molecule has 3 heteroatoms. The minimum absolute atomic E-state index is 0.0190. The third kappa shape index (κ3) is 3.98. The first-order chi connectivity index (χ1) is 8.49. The molecule has 4 unspecified atom stereocenters. The van der Waals surface area contributed by atoms with Crippen molar-refractivity contribution in [3.8, 4) is 0 Å². The van der Waals surface area contributed by atoms with Crippen molar-refractivity contribution >= 4 is 5.91 Å². The molecule has 1 rings (SSSR count). The number of amides is 1. The summed E-state index contributed by atoms with van der Waals surface area (Å²) in [5.74, 6) is 1.40. The molecule has 18 heavy (non-hydrogen) atoms. The number of carbonyl (C=O) groups excluding carboxylic acids is 1. The Kier molecular flexibility index (Phi) is 6.13. The van der Waals surface area contributed by atoms with Crippen molar-refractivity contribution in [2.45, 2.75) is 71.9 Å². The normalized spacial score (nSPS) is 30.2. The Balaban J connectivity index is 2.53. The SMILES string of the molecule is CCC(CC)C(C)NC(=O)C1CC(C)CCC1N. The summed E-state index contributed by atoms with van der Waals surface area (Å²) in [6, 6.07) is 0.312. The predicted molar refractivity (Wildman–Crippen MR) is 76.2 cm³/mol. The molecule has 0 aromatic carbocycles. The number of hydrogen-bond acceptors (Lipinski definition) is 2. The molecular formula is C15H30N2O. The Bertz CT molecular complexity index is 263. The largest absolute Gasteiger partial charge is 0.353 e. The van der Waals surface area contributed by atoms with E-state index in [-0.39, 0.29) is 23.9 Å². The summed E-state index contributed by atoms with van der Waals surface area (Å²) in [7, 11) is 0. The van der Waals surface area contributed by atoms with Gasteiger partial charge in [0, 0.05) is 12.1 Å². The molecule has 1 amide bonds. The zero-order valence-electron chi connectivity index (χ0n) is 12.4. The van der Waals surface area contributed by atoms with Crippen molar-refractivity contribution in [2.75, 3.05) is 0 Å². The van der Waals surface area contributed by atoms with Crippen LogP contribution in [0.3, 0.4) is 0 Å². The molecule has 0 radical (unpaired) electrons. The Hall–Kier alpha value is -0.570. The van der Waals surface area contributed by atoms with E-state index in [1.165, 1.54) is 0 Å². The van der Waals surface area contributed by atoms with Crippen molar-refractivity contribution in [3.05, 3.63) is 0 Å². The summed E-state index contributed by atoms with van der Waals surface area (Å²) < 4.78 is 0. The van der Waals surface area contributed by atoms with E-state index in [1.54, 1.807) is 0 Å². The van der Waals surface area contributed by atoms with Crippen LogP contribution >= 0.6 is 0 Å². The number of nitrogens with one attached hydrogen (secondary N) is 1. The van der Waals surface area contributed by atoms with Gasteiger partial charge in [0.1, 0.15) is 0 Å². The molecule has 1 aliphatic carbocycles. The van der Waals surface area contributed by atoms with Crippen molar-refractivity contribution in [3.63, 3.8) is 0 Å². The van der Waals surface area contributed by atoms with Gasteiger partial charge in [0.05, 0.1) is 5.92 Å². The lowest BCUT2D eigenvalue weighted by atomic mass is 9.78. The quantitative estimate of drug-likeness (QED) is 0.792. The van der Waals surface area contributed by atoms with Crippen molar-refractivity contribution < 1.29 is 4.79 Å². The van der Waals surface area contributed by atoms with Crippen molar-refractivity contribution in [1.29, 1.82) is 0 Å². The second-order valence-corrected chi connectivity index (χ2v) is 6.06. The first-order valence-corrected chi connectivity index (χ1v) is 7.55. The van der Waals surface area contributed by atoms with Crippen molar-refractivity contribution in [2.24, 2.45) is 23.5 Å². The molecule has 1 aliphatic rings. The predicted octanol–water partition coefficient (Wildman–Crippen LogP) is 2.69. The average molecular weight is 254 g/mol. The van der Waals surface area contributed by atoms with E-state index in [9.17, 15) is 4.79 Å². The number of carbonyl (C=O) groups is 1. The van der Waals surface area contributed by atoms with Crippen molar-refractivity contribution in [1.82, 2.24) is 5.32 Å². The molecule has 3 N–H and O–H groups in total. The van der Waals surface area contributed by atoms with Gasteiger partial charge in [-0.1, -0.05) is 33.6 Å². The molecule has 1 saturated carbocycles. The zero-order valence-corrected chi connectivity index (χ0v) is 12.4. The van der Waals surface area contributed by atoms with E-state index in [1.807, 2.05) is 0 Å². The Morgan fingerprint density at radius 2 is 1.94 bits per heavy atom. The standard InChI is InChI=1S/C15H30N2O/c1-5-12(6-2)11(4)17-15(18)13-9-10(3)7-8-14(13)16/h10-14H,5-9,16H2,1-4H3,(H,17,18). The maximum Gasteiger partial charge on any atom is 0.224 e. The third-order valence-electron chi connectivity index (χ3n) is 4.63. The van der Waals surface area contributed by atoms with E-state index in [4.69, 9.17) is 5.73 Å². The summed E-state index contributed by atoms with van der Waals surface area (Å²) >= 11 is 0. The second kappa shape index (κ2) is 7.13. The lowest BCUT2D eigenvalue weighted by Crippen LogP contribution is -2.48. The van der Waals surface area contributed by atoms with Crippen LogP contribution in [0.1, 0.15) is 59.8 Å². The summed E-state index contributed by atoms with van der Waals surface area (Å²) in [6.07, 6.45) is 5.32. The number of nitrogens with two attached hydrogens (primary N) is 1. The molecule has 4 atom stereocenters. The molecule has 0 heterocycles. The molecule has 0 bridgehead atoms. The van der Waals surface area contributed by atoms with Gasteiger partial charge in [0.15, 0.2) is 0 Å². The fourth-order valence-electron chi connectivity index (χ4n) is 3.15. The molecule has 0 saturated heterocycles. The monoisotopic (exact) mass is 254 g/mol. The summed E-state index contributed by atoms with van der Waals surface area (Å²) in [6.45, 7) is 8.71. The highest BCUT2D eigenvalue weighted by Crippen LogP contribution is 2.28. The maximum absolute atomic E-state index is 12.3. The minimum atomic E-state index is 0.0190. The van der Waals surface area contributed by atoms with Gasteiger partial charge >= 0.3 is 0 Å². The lowest BCUT2D eigenvalue weighted by Gasteiger charge is -2.33. The molecule has 106 valence electrons. The molecule has 0 aromatic heterocycles. The Morgan fingerprint density at radius 3 is 2.50 bits per heavy atom. The van der Waals surface area contributed by atoms with Gasteiger partial charge in [-0.05, 0) is 38.0 Å². The van der Waals surface area contributed by atoms with E-state index in [0.717, 1.165) is 32.1 Å². The highest BCUT2D eigenvalue weighted by atomic mass is 16.2. The topological polar surface area (TPSA) is 55.1 Å². The van der Waals surface area contributed by atoms with Crippen LogP contribution in [0.5, 0.6) is 0 Å². The van der Waals surface area contributed by atoms with Gasteiger partial charge in [0.2, 0.25) is 5.91 Å². The van der Waals surface area contributed by atoms with Crippen LogP contribution in [-0.4, -0.2) is 18.0 Å². The molecular weight excluding hydrogens is 224 g/mol. The van der Waals surface area contributed by atoms with Gasteiger partial charge in [-0.3, -0.25) is 4.79 Å². The fraction of sp³-hybridized carbons (Fsp3) is 0.933. The highest BCUT2D eigenvalue weighted by molar-refractivity contribution is 5.79. The van der Waals surface area contributed by atoms with Crippen LogP contribution in [-0.2, 0) is 4.79 Å². The van der Waals surface area contributed by atoms with Crippen LogP contribution < -0.4 is 11.1 Å². The molecule has 0 aliphatic heterocycles. The first kappa shape index (κ1) is 15.5. The molecule has 3 nitrogen and oxygen atoms in total. The number of hydrogen-bond donors (Lipinski definition) is 2. The average Bonchev–Trinajstić information content (AvgIpc) is 2.33. The van der Waals surface area contributed by atoms with Gasteiger partial charge in [-0.25, -0.2) is 0 Å². The summed E-state index contributed by atoms with van der Waals surface area (Å²) in [5, 5.41) is 3.18. The van der Waals surface area contributed by atoms with E-state index >= 15 is 0 Å². The fourth-order valence-corrected chi connectivity index (χ4v) is 3.15. The van der Waals surface area contributed by atoms with Crippen LogP contribution in [0.25, 0.3) is 0 Å². The smallest absolute Gasteiger partial charge is 0.224 e. The van der Waals surface area contributed by atoms with E-state index in [2.05, 4.69) is 33.0 Å². The Labute approximate surface area is 112 Å². The zero-order chi connectivity index (χ0) is 13.7. The van der Waals surface area contributed by atoms with Gasteiger partial charge < -0.3 is 11.1 Å². The lowest BCUT2D eigenvalue weighted by molar-refractivity contribution is -0.128. The highest BCUT2D eigenvalue weighted by Gasteiger charge is 2.32. The summed E-state index contributed by atoms with van der Waals surface area (Å²) in [5.41, 5.74) is 6.10. The minimum Gasteiger partial charge on any atom is -0.353 e. The van der Waals surface area contributed by atoms with E-state index < -0.39 is 0 Å². The molecule has 1 fully saturated rings. The van der Waals surface area contributed by atoms with Crippen LogP contribution in [0.4, 0.5) is 0 Å². The number of rotatable bonds is 5. The van der Waals surface area contributed by atoms with Gasteiger partial charge in [-0.15, -0.1) is 0 Å². The van der Waals surface area contributed by atoms with Crippen LogP contribution in [0.15, 0.2) is 0 Å². The van der Waals surface area contributed by atoms with Crippen LogP contribution in [0.2, 0.25) is 0 Å². The van der Waals surface area contributed by atoms with Gasteiger partial charge in [0.25, 0.3) is 0 Å². The first-order valence-electron chi connectivity index (χ1n) is 7.55. The van der Waals surface area contributed by atoms with Gasteiger partial charge in [-0.2, -0.15) is 0 Å². The molecule has 0 spiro atoms. The van der Waals surface area contributed by atoms with Crippen LogP contribution in [0, 0.1) is 17.8 Å². The van der Waals surface area contributed by atoms with E-state index in [0.29, 0.717) is 11.8 Å². The Morgan fingerprint density at radius 1 is 1.33 bits per heavy atom. The second-order valence-electron chi connectivity index (χ2n) is 6.06. The maximum atomic E-state index is 12.3. The summed E-state index contributed by atoms with van der Waals surface area (Å²) in [4.78, 5) is 12.3. The third-order valence-corrected chi connectivity index (χ3v) is 4.63.